The van der Waals surface area contributed by atoms with Gasteiger partial charge in [-0.3, -0.25) is 20.2 Å². The number of imide groups is 2. The molecule has 6 nitrogen and oxygen atoms in total. The summed E-state index contributed by atoms with van der Waals surface area (Å²) in [6.45, 7) is 5.75. The van der Waals surface area contributed by atoms with Crippen LogP contribution in [0.2, 0.25) is 0 Å². The van der Waals surface area contributed by atoms with E-state index in [1.807, 2.05) is 57.2 Å². The lowest BCUT2D eigenvalue weighted by molar-refractivity contribution is -0.121. The number of aromatic hydroxyl groups is 1. The first-order valence-electron chi connectivity index (χ1n) is 8.82. The van der Waals surface area contributed by atoms with Crippen LogP contribution in [-0.4, -0.2) is 23.0 Å². The number of aryl methyl sites for hydroxylation is 1. The molecule has 1 aliphatic heterocycles. The Morgan fingerprint density at radius 1 is 0.893 bits per heavy atom. The minimum absolute atomic E-state index is 0.127. The summed E-state index contributed by atoms with van der Waals surface area (Å²) in [6.07, 6.45) is 0. The normalized spacial score (nSPS) is 14.4. The lowest BCUT2D eigenvalue weighted by Gasteiger charge is -2.17. The molecule has 4 amide bonds. The molecule has 6 heteroatoms. The van der Waals surface area contributed by atoms with Gasteiger partial charge >= 0.3 is 6.03 Å². The Kier molecular flexibility index (Phi) is 3.92. The number of benzene rings is 3. The molecule has 4 rings (SSSR count). The van der Waals surface area contributed by atoms with Crippen molar-refractivity contribution in [1.29, 1.82) is 0 Å². The fourth-order valence-corrected chi connectivity index (χ4v) is 3.75. The summed E-state index contributed by atoms with van der Waals surface area (Å²) in [5.41, 5.74) is 1.62. The highest BCUT2D eigenvalue weighted by Gasteiger charge is 2.30. The van der Waals surface area contributed by atoms with Crippen molar-refractivity contribution in [3.8, 4) is 5.75 Å². The van der Waals surface area contributed by atoms with Crippen molar-refractivity contribution in [1.82, 2.24) is 10.6 Å². The van der Waals surface area contributed by atoms with Gasteiger partial charge in [0, 0.05) is 10.6 Å². The Morgan fingerprint density at radius 3 is 2.21 bits per heavy atom. The molecule has 0 aromatic heterocycles. The van der Waals surface area contributed by atoms with Crippen molar-refractivity contribution in [3.05, 3.63) is 52.4 Å². The first-order valence-corrected chi connectivity index (χ1v) is 8.82. The highest BCUT2D eigenvalue weighted by molar-refractivity contribution is 6.47. The topological polar surface area (TPSA) is 95.5 Å². The summed E-state index contributed by atoms with van der Waals surface area (Å²) in [5.74, 6) is -1.82. The Balaban J connectivity index is 2.39. The summed E-state index contributed by atoms with van der Waals surface area (Å²) in [5, 5.41) is 19.1. The number of hydrogen-bond donors (Lipinski definition) is 3. The van der Waals surface area contributed by atoms with E-state index < -0.39 is 17.8 Å². The van der Waals surface area contributed by atoms with Gasteiger partial charge in [-0.2, -0.15) is 0 Å². The minimum atomic E-state index is -0.877. The Morgan fingerprint density at radius 2 is 1.57 bits per heavy atom. The third-order valence-corrected chi connectivity index (χ3v) is 4.97. The molecule has 28 heavy (non-hydrogen) atoms. The minimum Gasteiger partial charge on any atom is -0.507 e. The van der Waals surface area contributed by atoms with Crippen molar-refractivity contribution < 1.29 is 19.5 Å². The molecule has 1 fully saturated rings. The zero-order valence-electron chi connectivity index (χ0n) is 15.6. The highest BCUT2D eigenvalue weighted by Crippen LogP contribution is 2.28. The first kappa shape index (κ1) is 17.7. The van der Waals surface area contributed by atoms with Crippen LogP contribution in [0, 0.1) is 6.92 Å². The standard InChI is InChI=1S/C22H18N2O4/c1-10(2)12-5-4-6-14-13-8-7-11(3)9-15(13)17(19(25)16(12)14)18-20(26)23-22(28)24-21(18)27/h4-9,25H,1-3H3,(H2,23,24,26,27,28). The van der Waals surface area contributed by atoms with Crippen LogP contribution in [-0.2, 0) is 9.59 Å². The number of urea groups is 1. The molecule has 0 saturated carbocycles. The second-order valence-electron chi connectivity index (χ2n) is 7.11. The zero-order valence-corrected chi connectivity index (χ0v) is 15.6. The molecule has 3 aromatic rings. The lowest BCUT2D eigenvalue weighted by Crippen LogP contribution is -2.52. The van der Waals surface area contributed by atoms with Crippen LogP contribution >= 0.6 is 0 Å². The first-order chi connectivity index (χ1) is 13.3. The average Bonchev–Trinajstić information content (AvgIpc) is 2.62. The molecule has 3 aromatic carbocycles. The number of phenols is 1. The second-order valence-corrected chi connectivity index (χ2v) is 7.11. The molecule has 140 valence electrons. The Bertz CT molecular complexity index is 1330. The quantitative estimate of drug-likeness (QED) is 0.522. The number of rotatable bonds is 0. The van der Waals surface area contributed by atoms with Gasteiger partial charge in [-0.1, -0.05) is 47.5 Å². The molecule has 0 atom stereocenters. The fraction of sp³-hybridized carbons (Fsp3) is 0.136. The molecule has 0 radical (unpaired) electrons. The summed E-state index contributed by atoms with van der Waals surface area (Å²) in [6, 6.07) is 10.5. The number of barbiturate groups is 1. The van der Waals surface area contributed by atoms with Crippen molar-refractivity contribution in [2.24, 2.45) is 0 Å². The molecule has 0 unspecified atom stereocenters. The third kappa shape index (κ3) is 2.53. The number of nitrogens with one attached hydrogen (secondary N) is 2. The number of fused-ring (bicyclic) bond motifs is 3. The van der Waals surface area contributed by atoms with Crippen LogP contribution in [0.15, 0.2) is 36.4 Å². The Hall–Kier alpha value is -3.67. The molecule has 0 bridgehead atoms. The molecule has 1 heterocycles. The van der Waals surface area contributed by atoms with Gasteiger partial charge in [-0.05, 0) is 42.1 Å². The van der Waals surface area contributed by atoms with E-state index >= 15 is 0 Å². The van der Waals surface area contributed by atoms with E-state index in [0.29, 0.717) is 10.8 Å². The molecular formula is C22H18N2O4. The van der Waals surface area contributed by atoms with E-state index in [4.69, 9.17) is 0 Å². The predicted octanol–water partition coefficient (Wildman–Crippen LogP) is 1.71. The van der Waals surface area contributed by atoms with E-state index in [1.165, 1.54) is 0 Å². The molecule has 0 spiro atoms. The van der Waals surface area contributed by atoms with E-state index in [9.17, 15) is 19.5 Å². The number of carbonyl (C=O) groups is 3. The number of amides is 4. The van der Waals surface area contributed by atoms with E-state index in [2.05, 4.69) is 10.6 Å². The maximum Gasteiger partial charge on any atom is 0.328 e. The Labute approximate surface area is 160 Å². The molecule has 1 aliphatic rings. The summed E-state index contributed by atoms with van der Waals surface area (Å²) in [7, 11) is 0. The lowest BCUT2D eigenvalue weighted by atomic mass is 9.93. The SMILES string of the molecule is CC(C)=c1cccc2c1c(O)c(=C1C(=O)NC(=O)NC1=O)c1cc(C)ccc12. The number of carbonyl (C=O) groups excluding carboxylic acids is 3. The van der Waals surface area contributed by atoms with Crippen molar-refractivity contribution in [3.63, 3.8) is 0 Å². The number of phenolic OH excluding ortho intramolecular Hbond substituents is 1. The van der Waals surface area contributed by atoms with Gasteiger partial charge in [0.25, 0.3) is 11.8 Å². The zero-order chi connectivity index (χ0) is 20.2. The summed E-state index contributed by atoms with van der Waals surface area (Å²) in [4.78, 5) is 36.5. The molecular weight excluding hydrogens is 356 g/mol. The van der Waals surface area contributed by atoms with Gasteiger partial charge in [0.15, 0.2) is 0 Å². The van der Waals surface area contributed by atoms with Crippen LogP contribution in [0.3, 0.4) is 0 Å². The summed E-state index contributed by atoms with van der Waals surface area (Å²) >= 11 is 0. The largest absolute Gasteiger partial charge is 0.507 e. The maximum atomic E-state index is 12.5. The predicted molar refractivity (Wildman–Crippen MR) is 107 cm³/mol. The maximum absolute atomic E-state index is 12.5. The van der Waals surface area contributed by atoms with Gasteiger partial charge in [0.1, 0.15) is 11.3 Å². The van der Waals surface area contributed by atoms with Crippen LogP contribution < -0.4 is 21.1 Å². The monoisotopic (exact) mass is 374 g/mol. The van der Waals surface area contributed by atoms with Crippen molar-refractivity contribution >= 4 is 50.5 Å². The van der Waals surface area contributed by atoms with Gasteiger partial charge in [-0.25, -0.2) is 4.79 Å². The molecule has 3 N–H and O–H groups in total. The van der Waals surface area contributed by atoms with E-state index in [1.54, 1.807) is 0 Å². The van der Waals surface area contributed by atoms with Crippen LogP contribution in [0.5, 0.6) is 5.75 Å². The molecule has 1 saturated heterocycles. The van der Waals surface area contributed by atoms with Crippen molar-refractivity contribution in [2.75, 3.05) is 0 Å². The third-order valence-electron chi connectivity index (χ3n) is 4.97. The van der Waals surface area contributed by atoms with Crippen LogP contribution in [0.25, 0.3) is 32.7 Å². The summed E-state index contributed by atoms with van der Waals surface area (Å²) < 4.78 is 0. The number of hydrogen-bond acceptors (Lipinski definition) is 4. The van der Waals surface area contributed by atoms with Crippen LogP contribution in [0.1, 0.15) is 19.4 Å². The smallest absolute Gasteiger partial charge is 0.328 e. The fourth-order valence-electron chi connectivity index (χ4n) is 3.75. The van der Waals surface area contributed by atoms with Crippen LogP contribution in [0.4, 0.5) is 4.79 Å². The van der Waals surface area contributed by atoms with Gasteiger partial charge in [0.05, 0.1) is 0 Å². The van der Waals surface area contributed by atoms with Gasteiger partial charge in [0.2, 0.25) is 0 Å². The van der Waals surface area contributed by atoms with Crippen molar-refractivity contribution in [2.45, 2.75) is 20.8 Å². The average molecular weight is 374 g/mol. The second kappa shape index (κ2) is 6.20. The molecule has 0 aliphatic carbocycles. The highest BCUT2D eigenvalue weighted by atomic mass is 16.3. The van der Waals surface area contributed by atoms with Gasteiger partial charge < -0.3 is 5.11 Å². The van der Waals surface area contributed by atoms with Gasteiger partial charge in [-0.15, -0.1) is 0 Å². The van der Waals surface area contributed by atoms with E-state index in [-0.39, 0.29) is 16.5 Å². The van der Waals surface area contributed by atoms with E-state index in [0.717, 1.165) is 27.1 Å².